The quantitative estimate of drug-likeness (QED) is 0.878. The molecule has 0 unspecified atom stereocenters. The lowest BCUT2D eigenvalue weighted by atomic mass is 9.80. The molecule has 2 nitrogen and oxygen atoms in total. The molecule has 1 saturated heterocycles. The number of benzene rings is 1. The van der Waals surface area contributed by atoms with E-state index in [4.69, 9.17) is 0 Å². The fourth-order valence-electron chi connectivity index (χ4n) is 3.13. The van der Waals surface area contributed by atoms with Gasteiger partial charge in [-0.2, -0.15) is 0 Å². The monoisotopic (exact) mass is 260 g/mol. The topological polar surface area (TPSA) is 15.3 Å². The molecule has 1 aromatic rings. The number of hydrogen-bond donors (Lipinski definition) is 1. The van der Waals surface area contributed by atoms with Gasteiger partial charge in [-0.15, -0.1) is 0 Å². The van der Waals surface area contributed by atoms with Gasteiger partial charge >= 0.3 is 0 Å². The molecule has 0 spiro atoms. The first-order valence-corrected chi connectivity index (χ1v) is 7.41. The smallest absolute Gasteiger partial charge is 0.0397 e. The van der Waals surface area contributed by atoms with Crippen molar-refractivity contribution < 1.29 is 0 Å². The van der Waals surface area contributed by atoms with Crippen LogP contribution in [0.25, 0.3) is 0 Å². The fraction of sp³-hybridized carbons (Fsp3) is 0.647. The van der Waals surface area contributed by atoms with Gasteiger partial charge in [-0.25, -0.2) is 0 Å². The van der Waals surface area contributed by atoms with Crippen molar-refractivity contribution in [2.24, 2.45) is 5.41 Å². The minimum Gasteiger partial charge on any atom is -0.314 e. The van der Waals surface area contributed by atoms with Crippen LogP contribution in [0.5, 0.6) is 0 Å². The van der Waals surface area contributed by atoms with Crippen LogP contribution in [0.15, 0.2) is 18.2 Å². The van der Waals surface area contributed by atoms with Crippen molar-refractivity contribution in [2.45, 2.75) is 40.7 Å². The molecule has 2 heteroatoms. The molecule has 1 N–H and O–H groups in total. The maximum absolute atomic E-state index is 3.45. The molecule has 1 atom stereocenters. The zero-order chi connectivity index (χ0) is 14.0. The molecule has 0 radical (unpaired) electrons. The Labute approximate surface area is 118 Å². The number of rotatable bonds is 2. The van der Waals surface area contributed by atoms with Crippen molar-refractivity contribution in [3.8, 4) is 0 Å². The number of aryl methyl sites for hydroxylation is 2. The summed E-state index contributed by atoms with van der Waals surface area (Å²) in [5.74, 6) is 0. The molecule has 0 aliphatic carbocycles. The minimum absolute atomic E-state index is 0.263. The van der Waals surface area contributed by atoms with Gasteiger partial charge in [0.15, 0.2) is 0 Å². The number of piperazine rings is 1. The number of nitrogens with zero attached hydrogens (tertiary/aromatic N) is 1. The second-order valence-electron chi connectivity index (χ2n) is 6.90. The normalized spacial score (nSPS) is 19.4. The minimum atomic E-state index is 0.263. The van der Waals surface area contributed by atoms with Crippen molar-refractivity contribution in [2.75, 3.05) is 26.2 Å². The van der Waals surface area contributed by atoms with Crippen molar-refractivity contribution in [3.63, 3.8) is 0 Å². The summed E-state index contributed by atoms with van der Waals surface area (Å²) in [5.41, 5.74) is 4.52. The second kappa shape index (κ2) is 5.64. The highest BCUT2D eigenvalue weighted by Crippen LogP contribution is 2.38. The van der Waals surface area contributed by atoms with Crippen LogP contribution in [0, 0.1) is 19.3 Å². The fourth-order valence-corrected chi connectivity index (χ4v) is 3.13. The van der Waals surface area contributed by atoms with E-state index in [9.17, 15) is 0 Å². The number of nitrogens with one attached hydrogen (secondary N) is 1. The SMILES string of the molecule is Cc1ccc([C@@H](N2CCNCC2)C(C)(C)C)cc1C. The van der Waals surface area contributed by atoms with Gasteiger partial charge in [0.25, 0.3) is 0 Å². The molecule has 0 aromatic heterocycles. The molecule has 0 amide bonds. The third-order valence-electron chi connectivity index (χ3n) is 4.18. The predicted octanol–water partition coefficient (Wildman–Crippen LogP) is 3.30. The molecule has 2 rings (SSSR count). The van der Waals surface area contributed by atoms with Gasteiger partial charge < -0.3 is 5.32 Å². The average molecular weight is 260 g/mol. The highest BCUT2D eigenvalue weighted by Gasteiger charge is 2.32. The van der Waals surface area contributed by atoms with E-state index in [1.807, 2.05) is 0 Å². The van der Waals surface area contributed by atoms with Crippen LogP contribution in [-0.4, -0.2) is 31.1 Å². The molecular weight excluding hydrogens is 232 g/mol. The summed E-state index contributed by atoms with van der Waals surface area (Å²) in [6.45, 7) is 16.0. The average Bonchev–Trinajstić information content (AvgIpc) is 2.34. The summed E-state index contributed by atoms with van der Waals surface area (Å²) in [4.78, 5) is 2.64. The molecule has 1 aliphatic heterocycles. The van der Waals surface area contributed by atoms with Crippen molar-refractivity contribution in [1.29, 1.82) is 0 Å². The lowest BCUT2D eigenvalue weighted by Gasteiger charge is -2.42. The lowest BCUT2D eigenvalue weighted by Crippen LogP contribution is -2.48. The molecule has 0 saturated carbocycles. The molecule has 1 fully saturated rings. The molecular formula is C17H28N2. The van der Waals surface area contributed by atoms with Crippen LogP contribution < -0.4 is 5.32 Å². The Morgan fingerprint density at radius 1 is 1.05 bits per heavy atom. The van der Waals surface area contributed by atoms with E-state index in [1.54, 1.807) is 0 Å². The van der Waals surface area contributed by atoms with Crippen LogP contribution in [-0.2, 0) is 0 Å². The second-order valence-corrected chi connectivity index (χ2v) is 6.90. The first-order chi connectivity index (χ1) is 8.89. The van der Waals surface area contributed by atoms with Gasteiger partial charge in [-0.3, -0.25) is 4.90 Å². The van der Waals surface area contributed by atoms with E-state index in [1.165, 1.54) is 16.7 Å². The van der Waals surface area contributed by atoms with Gasteiger partial charge in [-0.1, -0.05) is 39.0 Å². The Bertz CT molecular complexity index is 425. The maximum Gasteiger partial charge on any atom is 0.0397 e. The van der Waals surface area contributed by atoms with Gasteiger partial charge in [-0.05, 0) is 36.0 Å². The van der Waals surface area contributed by atoms with Gasteiger partial charge in [0.05, 0.1) is 0 Å². The Morgan fingerprint density at radius 3 is 2.21 bits per heavy atom. The Kier molecular flexibility index (Phi) is 4.32. The summed E-state index contributed by atoms with van der Waals surface area (Å²) < 4.78 is 0. The Balaban J connectivity index is 2.33. The summed E-state index contributed by atoms with van der Waals surface area (Å²) >= 11 is 0. The highest BCUT2D eigenvalue weighted by atomic mass is 15.2. The molecule has 1 heterocycles. The molecule has 0 bridgehead atoms. The molecule has 19 heavy (non-hydrogen) atoms. The van der Waals surface area contributed by atoms with Crippen molar-refractivity contribution >= 4 is 0 Å². The predicted molar refractivity (Wildman–Crippen MR) is 82.6 cm³/mol. The summed E-state index contributed by atoms with van der Waals surface area (Å²) in [5, 5.41) is 3.45. The standard InChI is InChI=1S/C17H28N2/c1-13-6-7-15(12-14(13)2)16(17(3,4)5)19-10-8-18-9-11-19/h6-7,12,16,18H,8-11H2,1-5H3/t16-/m1/s1. The first kappa shape index (κ1) is 14.5. The van der Waals surface area contributed by atoms with Crippen LogP contribution in [0.3, 0.4) is 0 Å². The zero-order valence-corrected chi connectivity index (χ0v) is 13.1. The molecule has 1 aliphatic rings. The van der Waals surface area contributed by atoms with E-state index in [-0.39, 0.29) is 5.41 Å². The molecule has 1 aromatic carbocycles. The number of hydrogen-bond acceptors (Lipinski definition) is 2. The van der Waals surface area contributed by atoms with E-state index in [2.05, 4.69) is 63.0 Å². The summed E-state index contributed by atoms with van der Waals surface area (Å²) in [6.07, 6.45) is 0. The molecule has 106 valence electrons. The zero-order valence-electron chi connectivity index (χ0n) is 13.1. The van der Waals surface area contributed by atoms with Crippen LogP contribution >= 0.6 is 0 Å². The summed E-state index contributed by atoms with van der Waals surface area (Å²) in [6, 6.07) is 7.48. The van der Waals surface area contributed by atoms with Crippen LogP contribution in [0.1, 0.15) is 43.5 Å². The third kappa shape index (κ3) is 3.37. The van der Waals surface area contributed by atoms with Crippen molar-refractivity contribution in [1.82, 2.24) is 10.2 Å². The van der Waals surface area contributed by atoms with Crippen molar-refractivity contribution in [3.05, 3.63) is 34.9 Å². The van der Waals surface area contributed by atoms with Gasteiger partial charge in [0, 0.05) is 32.2 Å². The van der Waals surface area contributed by atoms with Crippen LogP contribution in [0.4, 0.5) is 0 Å². The largest absolute Gasteiger partial charge is 0.314 e. The van der Waals surface area contributed by atoms with E-state index in [0.29, 0.717) is 6.04 Å². The summed E-state index contributed by atoms with van der Waals surface area (Å²) in [7, 11) is 0. The Hall–Kier alpha value is -0.860. The van der Waals surface area contributed by atoms with E-state index >= 15 is 0 Å². The maximum atomic E-state index is 3.45. The van der Waals surface area contributed by atoms with E-state index < -0.39 is 0 Å². The van der Waals surface area contributed by atoms with E-state index in [0.717, 1.165) is 26.2 Å². The highest BCUT2D eigenvalue weighted by molar-refractivity contribution is 5.32. The first-order valence-electron chi connectivity index (χ1n) is 7.41. The third-order valence-corrected chi connectivity index (χ3v) is 4.18. The van der Waals surface area contributed by atoms with Gasteiger partial charge in [0.2, 0.25) is 0 Å². The van der Waals surface area contributed by atoms with Gasteiger partial charge in [0.1, 0.15) is 0 Å². The van der Waals surface area contributed by atoms with Crippen LogP contribution in [0.2, 0.25) is 0 Å². The lowest BCUT2D eigenvalue weighted by molar-refractivity contribution is 0.0862. The Morgan fingerprint density at radius 2 is 1.68 bits per heavy atom.